The lowest BCUT2D eigenvalue weighted by atomic mass is 9.96. The molecule has 0 aliphatic carbocycles. The van der Waals surface area contributed by atoms with E-state index in [1.54, 1.807) is 0 Å². The Morgan fingerprint density at radius 3 is 2.44 bits per heavy atom. The molecule has 0 saturated heterocycles. The molecule has 0 fully saturated rings. The number of hydrogen-bond acceptors (Lipinski definition) is 6. The van der Waals surface area contributed by atoms with Gasteiger partial charge in [0, 0.05) is 23.3 Å². The van der Waals surface area contributed by atoms with Crippen molar-refractivity contribution in [1.29, 1.82) is 0 Å². The molecule has 1 rings (SSSR count). The number of nitrogen functional groups attached to an aromatic ring is 1. The maximum atomic E-state index is 5.44. The van der Waals surface area contributed by atoms with Crippen LogP contribution in [-0.4, -0.2) is 28.0 Å². The normalized spacial score (nSPS) is 13.2. The van der Waals surface area contributed by atoms with Crippen molar-refractivity contribution in [3.05, 3.63) is 11.9 Å². The number of aromatic nitrogens is 2. The highest BCUT2D eigenvalue weighted by Gasteiger charge is 2.19. The second-order valence-electron chi connectivity index (χ2n) is 5.28. The Balaban J connectivity index is 2.91. The van der Waals surface area contributed by atoms with Gasteiger partial charge in [-0.1, -0.05) is 27.7 Å². The molecule has 6 heteroatoms. The average Bonchev–Trinajstić information content (AvgIpc) is 2.34. The zero-order chi connectivity index (χ0) is 13.8. The van der Waals surface area contributed by atoms with Crippen LogP contribution in [0.5, 0.6) is 0 Å². The van der Waals surface area contributed by atoms with Crippen molar-refractivity contribution in [2.75, 3.05) is 23.5 Å². The fourth-order valence-corrected chi connectivity index (χ4v) is 1.53. The summed E-state index contributed by atoms with van der Waals surface area (Å²) < 4.78 is 0. The molecule has 1 unspecified atom stereocenters. The summed E-state index contributed by atoms with van der Waals surface area (Å²) in [5, 5.41) is 3.85. The van der Waals surface area contributed by atoms with E-state index in [0.29, 0.717) is 11.1 Å². The van der Waals surface area contributed by atoms with E-state index < -0.39 is 0 Å². The molecule has 0 spiro atoms. The first-order valence-electron chi connectivity index (χ1n) is 5.99. The molecule has 1 aromatic rings. The minimum Gasteiger partial charge on any atom is -0.369 e. The lowest BCUT2D eigenvalue weighted by molar-refractivity contribution is 0.546. The Bertz CT molecular complexity index is 389. The van der Waals surface area contributed by atoms with Gasteiger partial charge in [-0.25, -0.2) is 15.8 Å². The average molecular weight is 269 g/mol. The molecule has 102 valence electrons. The molecule has 1 atom stereocenters. The van der Waals surface area contributed by atoms with E-state index >= 15 is 0 Å². The Morgan fingerprint density at radius 1 is 1.33 bits per heavy atom. The van der Waals surface area contributed by atoms with Gasteiger partial charge in [0.25, 0.3) is 0 Å². The first-order chi connectivity index (χ1) is 8.36. The number of nitrogens with zero attached hydrogens (tertiary/aromatic N) is 2. The number of nitrogens with one attached hydrogen (secondary N) is 2. The highest BCUT2D eigenvalue weighted by atomic mass is 32.2. The predicted molar refractivity (Wildman–Crippen MR) is 80.0 cm³/mol. The quantitative estimate of drug-likeness (QED) is 0.562. The molecule has 0 bridgehead atoms. The van der Waals surface area contributed by atoms with E-state index in [-0.39, 0.29) is 5.41 Å². The van der Waals surface area contributed by atoms with Crippen LogP contribution < -0.4 is 16.6 Å². The number of hydrogen-bond donors (Lipinski definition) is 3. The molecule has 0 saturated carbocycles. The number of thioether (sulfide) groups is 1. The molecule has 4 N–H and O–H groups in total. The van der Waals surface area contributed by atoms with Crippen LogP contribution in [0.1, 0.15) is 33.5 Å². The van der Waals surface area contributed by atoms with Crippen LogP contribution >= 0.6 is 11.8 Å². The molecule has 0 aromatic carbocycles. The summed E-state index contributed by atoms with van der Waals surface area (Å²) >= 11 is 1.82. The van der Waals surface area contributed by atoms with Gasteiger partial charge in [0.05, 0.1) is 0 Å². The molecule has 0 aliphatic rings. The molecular formula is C12H23N5S. The Morgan fingerprint density at radius 2 is 1.94 bits per heavy atom. The number of nitrogens with two attached hydrogens (primary N) is 1. The lowest BCUT2D eigenvalue weighted by Crippen LogP contribution is -2.21. The molecule has 0 amide bonds. The maximum absolute atomic E-state index is 5.44. The Hall–Kier alpha value is -1.01. The van der Waals surface area contributed by atoms with Crippen LogP contribution in [0.4, 0.5) is 11.6 Å². The Kier molecular flexibility index (Phi) is 5.22. The van der Waals surface area contributed by atoms with Crippen molar-refractivity contribution in [1.82, 2.24) is 9.97 Å². The van der Waals surface area contributed by atoms with Crippen LogP contribution in [0.25, 0.3) is 0 Å². The third-order valence-electron chi connectivity index (χ3n) is 2.52. The zero-order valence-corrected chi connectivity index (χ0v) is 12.6. The molecule has 1 aromatic heterocycles. The van der Waals surface area contributed by atoms with Gasteiger partial charge >= 0.3 is 0 Å². The third-order valence-corrected chi connectivity index (χ3v) is 3.49. The van der Waals surface area contributed by atoms with Gasteiger partial charge in [-0.15, -0.1) is 0 Å². The third kappa shape index (κ3) is 4.34. The summed E-state index contributed by atoms with van der Waals surface area (Å²) in [6.07, 6.45) is 2.10. The van der Waals surface area contributed by atoms with Crippen LogP contribution in [0.15, 0.2) is 6.07 Å². The minimum absolute atomic E-state index is 0.103. The van der Waals surface area contributed by atoms with Crippen LogP contribution in [0.2, 0.25) is 0 Å². The summed E-state index contributed by atoms with van der Waals surface area (Å²) in [7, 11) is 0. The molecule has 0 radical (unpaired) electrons. The van der Waals surface area contributed by atoms with Crippen LogP contribution in [0.3, 0.4) is 0 Å². The SMILES string of the molecule is CSC(C)CNc1cc(NN)nc(C(C)(C)C)n1. The monoisotopic (exact) mass is 269 g/mol. The molecule has 5 nitrogen and oxygen atoms in total. The molecular weight excluding hydrogens is 246 g/mol. The summed E-state index contributed by atoms with van der Waals surface area (Å²) in [4.78, 5) is 8.91. The number of rotatable bonds is 5. The molecule has 18 heavy (non-hydrogen) atoms. The standard InChI is InChI=1S/C12H23N5S/c1-8(18-5)7-14-9-6-10(17-13)16-11(15-9)12(2,3)4/h6,8H,7,13H2,1-5H3,(H2,14,15,16,17). The second kappa shape index (κ2) is 6.24. The van der Waals surface area contributed by atoms with Crippen molar-refractivity contribution in [2.45, 2.75) is 38.4 Å². The fourth-order valence-electron chi connectivity index (χ4n) is 1.28. The van der Waals surface area contributed by atoms with E-state index in [0.717, 1.165) is 18.2 Å². The van der Waals surface area contributed by atoms with Gasteiger partial charge < -0.3 is 10.7 Å². The van der Waals surface area contributed by atoms with Gasteiger partial charge in [0.15, 0.2) is 0 Å². The highest BCUT2D eigenvalue weighted by Crippen LogP contribution is 2.22. The van der Waals surface area contributed by atoms with Crippen molar-refractivity contribution in [3.8, 4) is 0 Å². The van der Waals surface area contributed by atoms with Gasteiger partial charge in [-0.2, -0.15) is 11.8 Å². The highest BCUT2D eigenvalue weighted by molar-refractivity contribution is 7.99. The molecule has 1 heterocycles. The zero-order valence-electron chi connectivity index (χ0n) is 11.7. The fraction of sp³-hybridized carbons (Fsp3) is 0.667. The topological polar surface area (TPSA) is 75.9 Å². The van der Waals surface area contributed by atoms with E-state index in [2.05, 4.69) is 54.7 Å². The predicted octanol–water partition coefficient (Wildman–Crippen LogP) is 2.22. The van der Waals surface area contributed by atoms with Gasteiger partial charge in [-0.05, 0) is 6.26 Å². The minimum atomic E-state index is -0.103. The van der Waals surface area contributed by atoms with E-state index in [9.17, 15) is 0 Å². The van der Waals surface area contributed by atoms with E-state index in [4.69, 9.17) is 5.84 Å². The molecule has 0 aliphatic heterocycles. The summed E-state index contributed by atoms with van der Waals surface area (Å²) in [6, 6.07) is 1.82. The van der Waals surface area contributed by atoms with Gasteiger partial charge in [0.2, 0.25) is 0 Å². The summed E-state index contributed by atoms with van der Waals surface area (Å²) in [5.41, 5.74) is 2.48. The number of anilines is 2. The van der Waals surface area contributed by atoms with Crippen molar-refractivity contribution >= 4 is 23.4 Å². The smallest absolute Gasteiger partial charge is 0.145 e. The summed E-state index contributed by atoms with van der Waals surface area (Å²) in [5.74, 6) is 7.66. The van der Waals surface area contributed by atoms with Crippen molar-refractivity contribution in [3.63, 3.8) is 0 Å². The largest absolute Gasteiger partial charge is 0.369 e. The van der Waals surface area contributed by atoms with Gasteiger partial charge in [0.1, 0.15) is 17.5 Å². The first-order valence-corrected chi connectivity index (χ1v) is 7.28. The number of hydrazine groups is 1. The first kappa shape index (κ1) is 15.0. The van der Waals surface area contributed by atoms with Gasteiger partial charge in [-0.3, -0.25) is 0 Å². The lowest BCUT2D eigenvalue weighted by Gasteiger charge is -2.19. The van der Waals surface area contributed by atoms with Crippen LogP contribution in [-0.2, 0) is 5.41 Å². The van der Waals surface area contributed by atoms with Crippen molar-refractivity contribution in [2.24, 2.45) is 5.84 Å². The Labute approximate surface area is 113 Å². The van der Waals surface area contributed by atoms with E-state index in [1.807, 2.05) is 17.8 Å². The van der Waals surface area contributed by atoms with E-state index in [1.165, 1.54) is 0 Å². The van der Waals surface area contributed by atoms with Crippen LogP contribution in [0, 0.1) is 0 Å². The van der Waals surface area contributed by atoms with Crippen molar-refractivity contribution < 1.29 is 0 Å². The second-order valence-corrected chi connectivity index (χ2v) is 6.56. The maximum Gasteiger partial charge on any atom is 0.145 e. The summed E-state index contributed by atoms with van der Waals surface area (Å²) in [6.45, 7) is 9.28.